The number of thiophene rings is 1. The first-order chi connectivity index (χ1) is 7.55. The van der Waals surface area contributed by atoms with Gasteiger partial charge < -0.3 is 5.32 Å². The Bertz CT molecular complexity index is 409. The predicted octanol–water partition coefficient (Wildman–Crippen LogP) is 1.97. The van der Waals surface area contributed by atoms with E-state index in [4.69, 9.17) is 0 Å². The lowest BCUT2D eigenvalue weighted by molar-refractivity contribution is 0.589. The average Bonchev–Trinajstić information content (AvgIpc) is 2.59. The topological polar surface area (TPSA) is 46.2 Å². The fourth-order valence-electron chi connectivity index (χ4n) is 1.43. The van der Waals surface area contributed by atoms with Gasteiger partial charge in [0, 0.05) is 18.8 Å². The highest BCUT2D eigenvalue weighted by Crippen LogP contribution is 2.12. The van der Waals surface area contributed by atoms with Crippen LogP contribution in [0, 0.1) is 6.92 Å². The lowest BCUT2D eigenvalue weighted by atomic mass is 10.2. The van der Waals surface area contributed by atoms with Gasteiger partial charge in [-0.3, -0.25) is 0 Å². The Labute approximate surface area is 102 Å². The second-order valence-electron chi connectivity index (χ2n) is 3.91. The van der Waals surface area contributed by atoms with Gasteiger partial charge >= 0.3 is 0 Å². The zero-order valence-corrected chi connectivity index (χ0v) is 11.5. The Morgan fingerprint density at radius 2 is 2.06 bits per heavy atom. The van der Waals surface area contributed by atoms with E-state index in [1.807, 2.05) is 6.92 Å². The van der Waals surface area contributed by atoms with Crippen LogP contribution in [-0.4, -0.2) is 26.5 Å². The van der Waals surface area contributed by atoms with E-state index in [2.05, 4.69) is 23.0 Å². The minimum Gasteiger partial charge on any atom is -0.312 e. The Kier molecular flexibility index (Phi) is 5.44. The Balaban J connectivity index is 2.25. The lowest BCUT2D eigenvalue weighted by Gasteiger charge is -2.05. The molecule has 0 atom stereocenters. The van der Waals surface area contributed by atoms with E-state index in [1.165, 1.54) is 11.1 Å². The second-order valence-corrected chi connectivity index (χ2v) is 6.96. The Morgan fingerprint density at radius 1 is 1.31 bits per heavy atom. The van der Waals surface area contributed by atoms with Gasteiger partial charge in [-0.2, -0.15) is 11.3 Å². The SMILES string of the molecule is CCCS(=O)(=O)CCNCc1cscc1C. The first-order valence-corrected chi connectivity index (χ1v) is 8.24. The molecule has 92 valence electrons. The lowest BCUT2D eigenvalue weighted by Crippen LogP contribution is -2.24. The van der Waals surface area contributed by atoms with Crippen LogP contribution in [0.25, 0.3) is 0 Å². The molecule has 0 amide bonds. The maximum Gasteiger partial charge on any atom is 0.151 e. The third kappa shape index (κ3) is 4.63. The summed E-state index contributed by atoms with van der Waals surface area (Å²) in [4.78, 5) is 0. The average molecular weight is 261 g/mol. The molecule has 0 spiro atoms. The predicted molar refractivity (Wildman–Crippen MR) is 69.7 cm³/mol. The van der Waals surface area contributed by atoms with Gasteiger partial charge in [-0.25, -0.2) is 8.42 Å². The summed E-state index contributed by atoms with van der Waals surface area (Å²) in [7, 11) is -2.84. The van der Waals surface area contributed by atoms with Gasteiger partial charge in [0.1, 0.15) is 0 Å². The summed E-state index contributed by atoms with van der Waals surface area (Å²) in [5, 5.41) is 7.37. The number of nitrogens with one attached hydrogen (secondary N) is 1. The van der Waals surface area contributed by atoms with Crippen LogP contribution in [0.2, 0.25) is 0 Å². The van der Waals surface area contributed by atoms with Gasteiger partial charge in [0.05, 0.1) is 5.75 Å². The first kappa shape index (κ1) is 13.7. The molecule has 1 N–H and O–H groups in total. The summed E-state index contributed by atoms with van der Waals surface area (Å²) >= 11 is 1.68. The van der Waals surface area contributed by atoms with Crippen LogP contribution < -0.4 is 5.32 Å². The third-order valence-corrected chi connectivity index (χ3v) is 5.15. The minimum absolute atomic E-state index is 0.240. The maximum atomic E-state index is 11.4. The van der Waals surface area contributed by atoms with Crippen LogP contribution >= 0.6 is 11.3 Å². The molecule has 1 rings (SSSR count). The molecule has 0 aliphatic carbocycles. The molecule has 16 heavy (non-hydrogen) atoms. The zero-order chi connectivity index (χ0) is 12.0. The highest BCUT2D eigenvalue weighted by Gasteiger charge is 2.08. The monoisotopic (exact) mass is 261 g/mol. The molecule has 0 saturated heterocycles. The minimum atomic E-state index is -2.84. The summed E-state index contributed by atoms with van der Waals surface area (Å²) < 4.78 is 22.8. The number of hydrogen-bond donors (Lipinski definition) is 1. The number of hydrogen-bond acceptors (Lipinski definition) is 4. The third-order valence-electron chi connectivity index (χ3n) is 2.38. The maximum absolute atomic E-state index is 11.4. The largest absolute Gasteiger partial charge is 0.312 e. The molecular formula is C11H19NO2S2. The molecule has 1 aromatic heterocycles. The molecule has 5 heteroatoms. The fourth-order valence-corrected chi connectivity index (χ4v) is 3.57. The van der Waals surface area contributed by atoms with E-state index >= 15 is 0 Å². The van der Waals surface area contributed by atoms with Crippen molar-refractivity contribution in [1.29, 1.82) is 0 Å². The van der Waals surface area contributed by atoms with Crippen molar-refractivity contribution in [2.45, 2.75) is 26.8 Å². The smallest absolute Gasteiger partial charge is 0.151 e. The first-order valence-electron chi connectivity index (χ1n) is 5.48. The number of rotatable bonds is 7. The van der Waals surface area contributed by atoms with Crippen LogP contribution in [0.5, 0.6) is 0 Å². The van der Waals surface area contributed by atoms with E-state index in [0.29, 0.717) is 18.7 Å². The van der Waals surface area contributed by atoms with Gasteiger partial charge in [-0.1, -0.05) is 6.92 Å². The van der Waals surface area contributed by atoms with Crippen molar-refractivity contribution in [3.8, 4) is 0 Å². The van der Waals surface area contributed by atoms with Crippen molar-refractivity contribution in [3.05, 3.63) is 21.9 Å². The molecule has 0 unspecified atom stereocenters. The normalized spacial score (nSPS) is 11.9. The van der Waals surface area contributed by atoms with Crippen LogP contribution in [0.4, 0.5) is 0 Å². The van der Waals surface area contributed by atoms with Crippen LogP contribution in [-0.2, 0) is 16.4 Å². The molecule has 0 aromatic carbocycles. The van der Waals surface area contributed by atoms with Crippen LogP contribution in [0.3, 0.4) is 0 Å². The van der Waals surface area contributed by atoms with Crippen molar-refractivity contribution in [3.63, 3.8) is 0 Å². The van der Waals surface area contributed by atoms with E-state index in [9.17, 15) is 8.42 Å². The molecular weight excluding hydrogens is 242 g/mol. The van der Waals surface area contributed by atoms with Crippen LogP contribution in [0.1, 0.15) is 24.5 Å². The standard InChI is InChI=1S/C11H19NO2S2/c1-3-5-16(13,14)6-4-12-7-11-9-15-8-10(11)2/h8-9,12H,3-7H2,1-2H3. The molecule has 0 aliphatic heterocycles. The summed E-state index contributed by atoms with van der Waals surface area (Å²) in [6.07, 6.45) is 0.700. The highest BCUT2D eigenvalue weighted by molar-refractivity contribution is 7.91. The van der Waals surface area contributed by atoms with Crippen LogP contribution in [0.15, 0.2) is 10.8 Å². The number of aryl methyl sites for hydroxylation is 1. The van der Waals surface area contributed by atoms with Gasteiger partial charge in [0.2, 0.25) is 0 Å². The molecule has 1 aromatic rings. The summed E-state index contributed by atoms with van der Waals surface area (Å²) in [6, 6.07) is 0. The Hall–Kier alpha value is -0.390. The highest BCUT2D eigenvalue weighted by atomic mass is 32.2. The zero-order valence-electron chi connectivity index (χ0n) is 9.82. The van der Waals surface area contributed by atoms with Gasteiger partial charge in [-0.15, -0.1) is 0 Å². The molecule has 0 fully saturated rings. The fraction of sp³-hybridized carbons (Fsp3) is 0.636. The van der Waals surface area contributed by atoms with Crippen molar-refractivity contribution in [1.82, 2.24) is 5.32 Å². The summed E-state index contributed by atoms with van der Waals surface area (Å²) in [6.45, 7) is 5.26. The van der Waals surface area contributed by atoms with Gasteiger partial charge in [-0.05, 0) is 35.2 Å². The molecule has 0 aliphatic rings. The molecule has 0 saturated carbocycles. The summed E-state index contributed by atoms with van der Waals surface area (Å²) in [5.41, 5.74) is 2.53. The Morgan fingerprint density at radius 3 is 2.62 bits per heavy atom. The van der Waals surface area contributed by atoms with Crippen molar-refractivity contribution in [2.24, 2.45) is 0 Å². The molecule has 0 radical (unpaired) electrons. The van der Waals surface area contributed by atoms with E-state index in [1.54, 1.807) is 11.3 Å². The molecule has 0 bridgehead atoms. The number of sulfone groups is 1. The van der Waals surface area contributed by atoms with E-state index < -0.39 is 9.84 Å². The quantitative estimate of drug-likeness (QED) is 0.763. The van der Waals surface area contributed by atoms with Crippen molar-refractivity contribution < 1.29 is 8.42 Å². The summed E-state index contributed by atoms with van der Waals surface area (Å²) in [5.74, 6) is 0.538. The van der Waals surface area contributed by atoms with Crippen molar-refractivity contribution >= 4 is 21.2 Å². The van der Waals surface area contributed by atoms with E-state index in [0.717, 1.165) is 6.54 Å². The molecule has 3 nitrogen and oxygen atoms in total. The van der Waals surface area contributed by atoms with E-state index in [-0.39, 0.29) is 5.75 Å². The van der Waals surface area contributed by atoms with Crippen molar-refractivity contribution in [2.75, 3.05) is 18.1 Å². The van der Waals surface area contributed by atoms with Gasteiger partial charge in [0.15, 0.2) is 9.84 Å². The molecule has 1 heterocycles. The van der Waals surface area contributed by atoms with Gasteiger partial charge in [0.25, 0.3) is 0 Å². The second kappa shape index (κ2) is 6.37.